The quantitative estimate of drug-likeness (QED) is 0.531. The van der Waals surface area contributed by atoms with Crippen molar-refractivity contribution in [2.24, 2.45) is 25.9 Å². The smallest absolute Gasteiger partial charge is 0.330 e. The van der Waals surface area contributed by atoms with Crippen LogP contribution >= 0.6 is 0 Å². The van der Waals surface area contributed by atoms with Gasteiger partial charge < -0.3 is 10.2 Å². The molecule has 1 amide bonds. The fraction of sp³-hybridized carbons (Fsp3) is 0.609. The van der Waals surface area contributed by atoms with Crippen molar-refractivity contribution in [3.8, 4) is 0 Å². The second-order valence-corrected chi connectivity index (χ2v) is 11.6. The van der Waals surface area contributed by atoms with Gasteiger partial charge in [-0.2, -0.15) is 4.31 Å². The van der Waals surface area contributed by atoms with Crippen LogP contribution in [0.5, 0.6) is 0 Å². The zero-order valence-electron chi connectivity index (χ0n) is 20.6. The molecule has 1 N–H and O–H groups in total. The summed E-state index contributed by atoms with van der Waals surface area (Å²) in [5, 5.41) is 2.91. The van der Waals surface area contributed by atoms with Crippen LogP contribution in [-0.4, -0.2) is 72.4 Å². The Bertz CT molecular complexity index is 1270. The Balaban J connectivity index is 1.61. The van der Waals surface area contributed by atoms with Crippen molar-refractivity contribution in [1.29, 1.82) is 0 Å². The largest absolute Gasteiger partial charge is 0.355 e. The highest BCUT2D eigenvalue weighted by Crippen LogP contribution is 2.21. The number of fused-ring (bicyclic) bond motifs is 1. The molecule has 10 nitrogen and oxygen atoms in total. The maximum absolute atomic E-state index is 13.0. The van der Waals surface area contributed by atoms with E-state index in [-0.39, 0.29) is 22.7 Å². The highest BCUT2D eigenvalue weighted by Gasteiger charge is 2.25. The Hall–Kier alpha value is -2.50. The van der Waals surface area contributed by atoms with E-state index in [1.807, 2.05) is 0 Å². The molecule has 0 spiro atoms. The lowest BCUT2D eigenvalue weighted by Gasteiger charge is -2.34. The number of hydrogen-bond donors (Lipinski definition) is 1. The summed E-state index contributed by atoms with van der Waals surface area (Å²) in [7, 11) is 0.175. The van der Waals surface area contributed by atoms with Crippen LogP contribution in [0, 0.1) is 11.8 Å². The normalized spacial score (nSPS) is 19.6. The Morgan fingerprint density at radius 1 is 1.12 bits per heavy atom. The minimum Gasteiger partial charge on any atom is -0.355 e. The van der Waals surface area contributed by atoms with Gasteiger partial charge in [0.1, 0.15) is 0 Å². The first kappa shape index (κ1) is 26.1. The molecule has 0 bridgehead atoms. The Morgan fingerprint density at radius 3 is 2.41 bits per heavy atom. The number of nitrogens with zero attached hydrogens (tertiary/aromatic N) is 4. The number of aryl methyl sites for hydroxylation is 1. The van der Waals surface area contributed by atoms with E-state index < -0.39 is 21.3 Å². The van der Waals surface area contributed by atoms with Crippen LogP contribution in [0.15, 0.2) is 32.7 Å². The van der Waals surface area contributed by atoms with Crippen LogP contribution in [0.25, 0.3) is 10.9 Å². The third-order valence-corrected chi connectivity index (χ3v) is 8.23. The van der Waals surface area contributed by atoms with Crippen LogP contribution in [0.4, 0.5) is 0 Å². The number of carbonyl (C=O) groups excluding carboxylic acids is 1. The zero-order chi connectivity index (χ0) is 25.2. The topological polar surface area (TPSA) is 114 Å². The summed E-state index contributed by atoms with van der Waals surface area (Å²) in [6, 6.07) is 4.02. The number of rotatable bonds is 8. The third-order valence-electron chi connectivity index (χ3n) is 6.43. The lowest BCUT2D eigenvalue weighted by Crippen LogP contribution is -2.41. The lowest BCUT2D eigenvalue weighted by atomic mass is 9.92. The van der Waals surface area contributed by atoms with Crippen molar-refractivity contribution in [1.82, 2.24) is 23.7 Å². The molecule has 1 aliphatic rings. The minimum atomic E-state index is -4.01. The molecule has 0 saturated carbocycles. The van der Waals surface area contributed by atoms with Crippen LogP contribution in [-0.2, 0) is 28.9 Å². The highest BCUT2D eigenvalue weighted by atomic mass is 32.2. The van der Waals surface area contributed by atoms with E-state index in [9.17, 15) is 22.8 Å². The molecule has 11 heteroatoms. The number of piperidine rings is 1. The van der Waals surface area contributed by atoms with Crippen LogP contribution in [0.3, 0.4) is 0 Å². The van der Waals surface area contributed by atoms with Gasteiger partial charge in [-0.3, -0.25) is 18.7 Å². The van der Waals surface area contributed by atoms with E-state index in [0.29, 0.717) is 23.9 Å². The van der Waals surface area contributed by atoms with Gasteiger partial charge >= 0.3 is 5.69 Å². The maximum Gasteiger partial charge on any atom is 0.330 e. The molecule has 2 heterocycles. The van der Waals surface area contributed by atoms with E-state index in [0.717, 1.165) is 34.9 Å². The number of amides is 1. The molecule has 0 radical (unpaired) electrons. The molecule has 188 valence electrons. The Kier molecular flexibility index (Phi) is 7.99. The fourth-order valence-corrected chi connectivity index (χ4v) is 5.92. The molecule has 1 fully saturated rings. The van der Waals surface area contributed by atoms with E-state index in [4.69, 9.17) is 0 Å². The van der Waals surface area contributed by atoms with Crippen molar-refractivity contribution in [2.75, 3.05) is 39.8 Å². The summed E-state index contributed by atoms with van der Waals surface area (Å²) in [5.41, 5.74) is -0.732. The van der Waals surface area contributed by atoms with Crippen molar-refractivity contribution in [3.05, 3.63) is 39.0 Å². The van der Waals surface area contributed by atoms with E-state index in [1.54, 1.807) is 0 Å². The first-order valence-electron chi connectivity index (χ1n) is 11.6. The minimum absolute atomic E-state index is 0.112. The Labute approximate surface area is 200 Å². The van der Waals surface area contributed by atoms with E-state index in [1.165, 1.54) is 50.3 Å². The summed E-state index contributed by atoms with van der Waals surface area (Å²) in [5.74, 6) is 0.972. The van der Waals surface area contributed by atoms with E-state index >= 15 is 0 Å². The summed E-state index contributed by atoms with van der Waals surface area (Å²) in [6.07, 6.45) is 2.05. The van der Waals surface area contributed by atoms with Gasteiger partial charge in [-0.05, 0) is 49.4 Å². The molecule has 1 aromatic heterocycles. The lowest BCUT2D eigenvalue weighted by molar-refractivity contribution is -0.121. The number of carbonyl (C=O) groups is 1. The average molecular weight is 494 g/mol. The molecule has 0 aliphatic carbocycles. The Morgan fingerprint density at radius 2 is 1.76 bits per heavy atom. The second-order valence-electron chi connectivity index (χ2n) is 9.55. The monoisotopic (exact) mass is 493 g/mol. The number of sulfonamides is 1. The third kappa shape index (κ3) is 5.59. The van der Waals surface area contributed by atoms with Gasteiger partial charge in [-0.1, -0.05) is 13.8 Å². The number of benzene rings is 1. The van der Waals surface area contributed by atoms with Crippen molar-refractivity contribution in [2.45, 2.75) is 31.6 Å². The molecular weight excluding hydrogens is 458 g/mol. The van der Waals surface area contributed by atoms with Crippen molar-refractivity contribution in [3.63, 3.8) is 0 Å². The summed E-state index contributed by atoms with van der Waals surface area (Å²) in [4.78, 5) is 39.3. The zero-order valence-corrected chi connectivity index (χ0v) is 21.4. The molecule has 3 rings (SSSR count). The number of likely N-dealkylation sites (N-methyl/N-ethyl adjacent to an activating group) is 1. The van der Waals surface area contributed by atoms with Crippen molar-refractivity contribution < 1.29 is 13.2 Å². The van der Waals surface area contributed by atoms with Crippen LogP contribution < -0.4 is 16.6 Å². The van der Waals surface area contributed by atoms with Crippen LogP contribution in [0.2, 0.25) is 0 Å². The summed E-state index contributed by atoms with van der Waals surface area (Å²) >= 11 is 0. The van der Waals surface area contributed by atoms with Gasteiger partial charge in [0.25, 0.3) is 5.56 Å². The molecule has 2 aromatic rings. The molecular formula is C23H35N5O5S. The first-order valence-corrected chi connectivity index (χ1v) is 13.0. The number of hydrogen-bond acceptors (Lipinski definition) is 6. The first-order chi connectivity index (χ1) is 15.9. The predicted octanol–water partition coefficient (Wildman–Crippen LogP) is 0.342. The summed E-state index contributed by atoms with van der Waals surface area (Å²) < 4.78 is 29.2. The van der Waals surface area contributed by atoms with Gasteiger partial charge in [-0.15, -0.1) is 0 Å². The van der Waals surface area contributed by atoms with Gasteiger partial charge in [0.15, 0.2) is 0 Å². The molecule has 34 heavy (non-hydrogen) atoms. The number of aromatic nitrogens is 2. The molecule has 0 unspecified atom stereocenters. The molecule has 2 atom stereocenters. The maximum atomic E-state index is 13.0. The number of nitrogens with one attached hydrogen (secondary N) is 1. The summed E-state index contributed by atoms with van der Waals surface area (Å²) in [6.45, 7) is 7.71. The van der Waals surface area contributed by atoms with Gasteiger partial charge in [0, 0.05) is 40.8 Å². The average Bonchev–Trinajstić information content (AvgIpc) is 2.78. The number of likely N-dealkylation sites (tertiary alicyclic amines) is 1. The second kappa shape index (κ2) is 10.4. The van der Waals surface area contributed by atoms with Gasteiger partial charge in [0.05, 0.1) is 22.3 Å². The van der Waals surface area contributed by atoms with Crippen molar-refractivity contribution >= 4 is 26.8 Å². The standard InChI is InChI=1S/C23H35N5O5S/c1-16-11-17(2)14-28(13-16)10-6-9-24-21(29)15-25(3)34(32,33)18-7-8-20-19(12-18)22(30)27(5)23(31)26(20)4/h7-8,12,16-17H,6,9-11,13-15H2,1-5H3,(H,24,29)/t16-,17+. The van der Waals surface area contributed by atoms with Crippen LogP contribution in [0.1, 0.15) is 26.7 Å². The molecule has 1 aliphatic heterocycles. The fourth-order valence-electron chi connectivity index (χ4n) is 4.76. The van der Waals surface area contributed by atoms with Gasteiger partial charge in [-0.25, -0.2) is 13.2 Å². The van der Waals surface area contributed by atoms with Gasteiger partial charge in [0.2, 0.25) is 15.9 Å². The van der Waals surface area contributed by atoms with E-state index in [2.05, 4.69) is 24.1 Å². The SMILES string of the molecule is C[C@@H]1C[C@H](C)CN(CCCNC(=O)CN(C)S(=O)(=O)c2ccc3c(c2)c(=O)n(C)c(=O)n3C)C1. The highest BCUT2D eigenvalue weighted by molar-refractivity contribution is 7.89. The molecule has 1 aromatic carbocycles. The molecule has 1 saturated heterocycles. The predicted molar refractivity (Wildman–Crippen MR) is 131 cm³/mol.